The predicted molar refractivity (Wildman–Crippen MR) is 83.1 cm³/mol. The van der Waals surface area contributed by atoms with Gasteiger partial charge in [0.2, 0.25) is 0 Å². The lowest BCUT2D eigenvalue weighted by Crippen LogP contribution is -2.56. The number of nitrogens with two attached hydrogens (primary N) is 1. The molecule has 2 rings (SSSR count). The largest absolute Gasteiger partial charge is 0.493 e. The molecule has 21 heavy (non-hydrogen) atoms. The number of hydrogen-bond donors (Lipinski definition) is 1. The maximum Gasteiger partial charge on any atom is 0.160 e. The van der Waals surface area contributed by atoms with Crippen LogP contribution in [0, 0.1) is 0 Å². The Bertz CT molecular complexity index is 461. The molecule has 1 aliphatic rings. The van der Waals surface area contributed by atoms with Crippen molar-refractivity contribution in [3.05, 3.63) is 23.8 Å². The van der Waals surface area contributed by atoms with Crippen LogP contribution in [0.1, 0.15) is 12.5 Å². The van der Waals surface area contributed by atoms with Crippen LogP contribution < -0.4 is 15.2 Å². The molecule has 0 aromatic heterocycles. The average molecular weight is 294 g/mol. The van der Waals surface area contributed by atoms with Gasteiger partial charge in [0.25, 0.3) is 0 Å². The molecule has 5 heteroatoms. The fourth-order valence-corrected chi connectivity index (χ4v) is 2.85. The van der Waals surface area contributed by atoms with Crippen LogP contribution >= 0.6 is 0 Å². The van der Waals surface area contributed by atoms with Crippen molar-refractivity contribution in [2.45, 2.75) is 18.9 Å². The van der Waals surface area contributed by atoms with Crippen LogP contribution in [0.15, 0.2) is 18.2 Å². The number of nitrogens with zero attached hydrogens (tertiary/aromatic N) is 1. The van der Waals surface area contributed by atoms with E-state index < -0.39 is 0 Å². The van der Waals surface area contributed by atoms with E-state index in [2.05, 4.69) is 17.9 Å². The molecule has 1 aliphatic heterocycles. The first-order valence-corrected chi connectivity index (χ1v) is 7.37. The van der Waals surface area contributed by atoms with Crippen molar-refractivity contribution in [3.8, 4) is 11.5 Å². The van der Waals surface area contributed by atoms with Crippen LogP contribution in [-0.4, -0.2) is 57.5 Å². The summed E-state index contributed by atoms with van der Waals surface area (Å²) in [6, 6.07) is 6.06. The molecule has 5 nitrogen and oxygen atoms in total. The highest BCUT2D eigenvalue weighted by Gasteiger charge is 2.32. The summed E-state index contributed by atoms with van der Waals surface area (Å²) in [4.78, 5) is 2.42. The van der Waals surface area contributed by atoms with Crippen LogP contribution in [-0.2, 0) is 11.2 Å². The fourth-order valence-electron chi connectivity index (χ4n) is 2.85. The summed E-state index contributed by atoms with van der Waals surface area (Å²) in [5, 5.41) is 0. The summed E-state index contributed by atoms with van der Waals surface area (Å²) in [6.07, 6.45) is 0.879. The monoisotopic (exact) mass is 294 g/mol. The zero-order valence-electron chi connectivity index (χ0n) is 13.2. The van der Waals surface area contributed by atoms with Crippen molar-refractivity contribution in [1.29, 1.82) is 0 Å². The van der Waals surface area contributed by atoms with E-state index in [0.29, 0.717) is 6.54 Å². The first-order valence-electron chi connectivity index (χ1n) is 7.37. The number of ether oxygens (including phenoxy) is 3. The van der Waals surface area contributed by atoms with Crippen LogP contribution in [0.25, 0.3) is 0 Å². The first kappa shape index (κ1) is 16.1. The zero-order valence-corrected chi connectivity index (χ0v) is 13.2. The Morgan fingerprint density at radius 3 is 2.43 bits per heavy atom. The molecule has 1 fully saturated rings. The lowest BCUT2D eigenvalue weighted by Gasteiger charge is -2.43. The van der Waals surface area contributed by atoms with Crippen molar-refractivity contribution in [3.63, 3.8) is 0 Å². The number of rotatable bonds is 6. The number of morpholine rings is 1. The fraction of sp³-hybridized carbons (Fsp3) is 0.625. The highest BCUT2D eigenvalue weighted by Crippen LogP contribution is 2.30. The predicted octanol–water partition coefficient (Wildman–Crippen LogP) is 1.30. The molecule has 1 aromatic rings. The highest BCUT2D eigenvalue weighted by molar-refractivity contribution is 5.43. The van der Waals surface area contributed by atoms with Crippen molar-refractivity contribution in [2.24, 2.45) is 5.73 Å². The maximum atomic E-state index is 6.07. The molecule has 118 valence electrons. The quantitative estimate of drug-likeness (QED) is 0.857. The molecule has 0 saturated carbocycles. The summed E-state index contributed by atoms with van der Waals surface area (Å²) in [5.74, 6) is 1.51. The number of methoxy groups -OCH3 is 2. The van der Waals surface area contributed by atoms with E-state index in [0.717, 1.165) is 44.2 Å². The minimum Gasteiger partial charge on any atom is -0.493 e. The second-order valence-electron chi connectivity index (χ2n) is 5.67. The molecule has 1 aromatic carbocycles. The number of benzene rings is 1. The molecule has 2 N–H and O–H groups in total. The third-order valence-electron chi connectivity index (χ3n) is 4.25. The number of hydrogen-bond acceptors (Lipinski definition) is 5. The second kappa shape index (κ2) is 7.11. The van der Waals surface area contributed by atoms with E-state index in [-0.39, 0.29) is 5.54 Å². The molecule has 0 bridgehead atoms. The smallest absolute Gasteiger partial charge is 0.160 e. The molecular formula is C16H26N2O3. The van der Waals surface area contributed by atoms with Crippen LogP contribution in [0.5, 0.6) is 11.5 Å². The molecule has 1 unspecified atom stereocenters. The van der Waals surface area contributed by atoms with E-state index in [9.17, 15) is 0 Å². The van der Waals surface area contributed by atoms with Gasteiger partial charge in [-0.1, -0.05) is 6.07 Å². The summed E-state index contributed by atoms with van der Waals surface area (Å²) in [6.45, 7) is 6.25. The van der Waals surface area contributed by atoms with Gasteiger partial charge in [0.05, 0.1) is 27.4 Å². The third-order valence-corrected chi connectivity index (χ3v) is 4.25. The normalized spacial score (nSPS) is 19.0. The summed E-state index contributed by atoms with van der Waals surface area (Å²) in [7, 11) is 3.31. The van der Waals surface area contributed by atoms with E-state index in [1.54, 1.807) is 14.2 Å². The zero-order chi connectivity index (χ0) is 15.3. The van der Waals surface area contributed by atoms with Gasteiger partial charge in [-0.15, -0.1) is 0 Å². The standard InChI is InChI=1S/C16H26N2O3/c1-16(12-17,18-6-8-21-9-7-18)11-13-4-5-14(19-2)15(10-13)20-3/h4-5,10H,6-9,11-12,17H2,1-3H3. The molecule has 0 radical (unpaired) electrons. The Labute approximate surface area is 127 Å². The van der Waals surface area contributed by atoms with E-state index in [4.69, 9.17) is 19.9 Å². The molecule has 0 aliphatic carbocycles. The Balaban J connectivity index is 2.17. The lowest BCUT2D eigenvalue weighted by molar-refractivity contribution is -0.0132. The van der Waals surface area contributed by atoms with Gasteiger partial charge < -0.3 is 19.9 Å². The Morgan fingerprint density at radius 1 is 1.19 bits per heavy atom. The van der Waals surface area contributed by atoms with Gasteiger partial charge >= 0.3 is 0 Å². The van der Waals surface area contributed by atoms with Crippen LogP contribution in [0.4, 0.5) is 0 Å². The van der Waals surface area contributed by atoms with Gasteiger partial charge in [0.1, 0.15) is 0 Å². The van der Waals surface area contributed by atoms with Gasteiger partial charge in [0, 0.05) is 25.2 Å². The Morgan fingerprint density at radius 2 is 1.86 bits per heavy atom. The van der Waals surface area contributed by atoms with Crippen molar-refractivity contribution < 1.29 is 14.2 Å². The Hall–Kier alpha value is -1.30. The van der Waals surface area contributed by atoms with Crippen molar-refractivity contribution in [2.75, 3.05) is 47.1 Å². The maximum absolute atomic E-state index is 6.07. The molecular weight excluding hydrogens is 268 g/mol. The molecule has 1 atom stereocenters. The van der Waals surface area contributed by atoms with Gasteiger partial charge in [-0.05, 0) is 31.0 Å². The molecule has 1 heterocycles. The van der Waals surface area contributed by atoms with Gasteiger partial charge in [-0.25, -0.2) is 0 Å². The summed E-state index contributed by atoms with van der Waals surface area (Å²) in [5.41, 5.74) is 7.21. The molecule has 0 amide bonds. The third kappa shape index (κ3) is 3.67. The highest BCUT2D eigenvalue weighted by atomic mass is 16.5. The van der Waals surface area contributed by atoms with E-state index >= 15 is 0 Å². The second-order valence-corrected chi connectivity index (χ2v) is 5.67. The summed E-state index contributed by atoms with van der Waals surface area (Å²) >= 11 is 0. The minimum atomic E-state index is -0.0661. The molecule has 0 spiro atoms. The molecule has 1 saturated heterocycles. The summed E-state index contributed by atoms with van der Waals surface area (Å²) < 4.78 is 16.1. The Kier molecular flexibility index (Phi) is 5.45. The van der Waals surface area contributed by atoms with Gasteiger partial charge in [-0.3, -0.25) is 4.90 Å². The van der Waals surface area contributed by atoms with E-state index in [1.165, 1.54) is 5.56 Å². The first-order chi connectivity index (χ1) is 10.1. The topological polar surface area (TPSA) is 57.0 Å². The van der Waals surface area contributed by atoms with Crippen LogP contribution in [0.3, 0.4) is 0 Å². The van der Waals surface area contributed by atoms with Crippen molar-refractivity contribution >= 4 is 0 Å². The lowest BCUT2D eigenvalue weighted by atomic mass is 9.90. The van der Waals surface area contributed by atoms with Crippen molar-refractivity contribution in [1.82, 2.24) is 4.90 Å². The van der Waals surface area contributed by atoms with E-state index in [1.807, 2.05) is 12.1 Å². The minimum absolute atomic E-state index is 0.0661. The van der Waals surface area contributed by atoms with Crippen LogP contribution in [0.2, 0.25) is 0 Å². The van der Waals surface area contributed by atoms with Gasteiger partial charge in [0.15, 0.2) is 11.5 Å². The van der Waals surface area contributed by atoms with Gasteiger partial charge in [-0.2, -0.15) is 0 Å². The average Bonchev–Trinajstić information content (AvgIpc) is 2.55. The SMILES string of the molecule is COc1ccc(CC(C)(CN)N2CCOCC2)cc1OC.